The first-order valence-corrected chi connectivity index (χ1v) is 13.9. The number of hydrogen-bond acceptors (Lipinski definition) is 8. The fourth-order valence-electron chi connectivity index (χ4n) is 4.58. The molecule has 0 unspecified atom stereocenters. The van der Waals surface area contributed by atoms with Crippen LogP contribution in [0.25, 0.3) is 0 Å². The molecule has 35 heavy (non-hydrogen) atoms. The Balaban J connectivity index is 1.27. The van der Waals surface area contributed by atoms with Gasteiger partial charge in [-0.1, -0.05) is 0 Å². The van der Waals surface area contributed by atoms with Gasteiger partial charge < -0.3 is 29.5 Å². The van der Waals surface area contributed by atoms with Crippen molar-refractivity contribution in [2.75, 3.05) is 52.5 Å². The maximum Gasteiger partial charge on any atom is 0.206 e. The fourth-order valence-corrected chi connectivity index (χ4v) is 5.84. The normalized spacial score (nSPS) is 19.0. The Kier molecular flexibility index (Phi) is 9.02. The van der Waals surface area contributed by atoms with E-state index in [1.807, 2.05) is 0 Å². The summed E-state index contributed by atoms with van der Waals surface area (Å²) < 4.78 is 37.3. The van der Waals surface area contributed by atoms with Crippen molar-refractivity contribution in [1.82, 2.24) is 9.80 Å². The molecule has 2 fully saturated rings. The molecule has 0 bridgehead atoms. The van der Waals surface area contributed by atoms with Crippen molar-refractivity contribution in [3.05, 3.63) is 48.5 Å². The summed E-state index contributed by atoms with van der Waals surface area (Å²) in [7, 11) is -3.69. The Bertz CT molecular complexity index is 939. The summed E-state index contributed by atoms with van der Waals surface area (Å²) in [5.74, 6) is 1.03. The lowest BCUT2D eigenvalue weighted by molar-refractivity contribution is 0.0757. The summed E-state index contributed by atoms with van der Waals surface area (Å²) in [5, 5.41) is 20.3. The smallest absolute Gasteiger partial charge is 0.206 e. The van der Waals surface area contributed by atoms with Gasteiger partial charge in [-0.3, -0.25) is 0 Å². The molecule has 4 rings (SSSR count). The third-order valence-electron chi connectivity index (χ3n) is 6.49. The number of nitrogens with zero attached hydrogens (tertiary/aromatic N) is 2. The van der Waals surface area contributed by atoms with E-state index in [0.717, 1.165) is 26.2 Å². The van der Waals surface area contributed by atoms with Gasteiger partial charge in [-0.05, 0) is 100 Å². The summed E-state index contributed by atoms with van der Waals surface area (Å²) in [6, 6.07) is 12.5. The van der Waals surface area contributed by atoms with Crippen molar-refractivity contribution in [1.29, 1.82) is 0 Å². The second-order valence-electron chi connectivity index (χ2n) is 9.39. The summed E-state index contributed by atoms with van der Waals surface area (Å²) in [6.07, 6.45) is 3.50. The van der Waals surface area contributed by atoms with Gasteiger partial charge in [0.15, 0.2) is 0 Å². The van der Waals surface area contributed by atoms with E-state index in [2.05, 4.69) is 9.80 Å². The van der Waals surface area contributed by atoms with Crippen LogP contribution in [0, 0.1) is 0 Å². The molecule has 2 saturated heterocycles. The van der Waals surface area contributed by atoms with Crippen LogP contribution in [-0.4, -0.2) is 93.1 Å². The van der Waals surface area contributed by atoms with E-state index in [1.165, 1.54) is 49.9 Å². The van der Waals surface area contributed by atoms with E-state index >= 15 is 0 Å². The topological polar surface area (TPSA) is 99.5 Å². The van der Waals surface area contributed by atoms with E-state index in [9.17, 15) is 18.6 Å². The van der Waals surface area contributed by atoms with Crippen molar-refractivity contribution in [3.63, 3.8) is 0 Å². The molecule has 0 saturated carbocycles. The summed E-state index contributed by atoms with van der Waals surface area (Å²) in [5.41, 5.74) is 0. The number of likely N-dealkylation sites (tertiary alicyclic amines) is 2. The highest BCUT2D eigenvalue weighted by Crippen LogP contribution is 2.25. The first-order chi connectivity index (χ1) is 16.9. The standard InChI is InChI=1S/C26H36N2O6S/c29-21(17-27-13-1-2-14-27)19-33-23-5-9-25(10-6-23)35(31,32)26-11-7-24(8-12-26)34-20-22(30)18-28-15-3-4-16-28/h5-12,21-22,29-30H,1-4,13-20H2/t21-,22-/m1/s1. The second-order valence-corrected chi connectivity index (χ2v) is 11.3. The molecule has 8 nitrogen and oxygen atoms in total. The largest absolute Gasteiger partial charge is 0.491 e. The third kappa shape index (κ3) is 7.41. The maximum absolute atomic E-state index is 13.0. The average molecular weight is 505 g/mol. The number of aliphatic hydroxyl groups excluding tert-OH is 2. The van der Waals surface area contributed by atoms with Crippen LogP contribution in [0.5, 0.6) is 11.5 Å². The number of sulfone groups is 1. The molecule has 2 N–H and O–H groups in total. The Morgan fingerprint density at radius 3 is 1.34 bits per heavy atom. The average Bonchev–Trinajstić information content (AvgIpc) is 3.56. The highest BCUT2D eigenvalue weighted by molar-refractivity contribution is 7.91. The van der Waals surface area contributed by atoms with Crippen molar-refractivity contribution in [2.45, 2.75) is 47.7 Å². The van der Waals surface area contributed by atoms with E-state index in [-0.39, 0.29) is 23.0 Å². The lowest BCUT2D eigenvalue weighted by Gasteiger charge is -2.19. The van der Waals surface area contributed by atoms with Crippen LogP contribution in [0.15, 0.2) is 58.3 Å². The van der Waals surface area contributed by atoms with Gasteiger partial charge in [-0.15, -0.1) is 0 Å². The van der Waals surface area contributed by atoms with Crippen molar-refractivity contribution in [2.24, 2.45) is 0 Å². The fraction of sp³-hybridized carbons (Fsp3) is 0.538. The zero-order chi connectivity index (χ0) is 24.7. The first-order valence-electron chi connectivity index (χ1n) is 12.4. The Hall–Kier alpha value is -2.17. The van der Waals surface area contributed by atoms with Gasteiger partial charge >= 0.3 is 0 Å². The predicted molar refractivity (Wildman–Crippen MR) is 133 cm³/mol. The number of ether oxygens (including phenoxy) is 2. The summed E-state index contributed by atoms with van der Waals surface area (Å²) in [4.78, 5) is 4.77. The lowest BCUT2D eigenvalue weighted by atomic mass is 10.3. The van der Waals surface area contributed by atoms with Crippen LogP contribution in [0.2, 0.25) is 0 Å². The second kappa shape index (κ2) is 12.2. The van der Waals surface area contributed by atoms with Crippen LogP contribution in [0.1, 0.15) is 25.7 Å². The number of hydrogen-bond donors (Lipinski definition) is 2. The van der Waals surface area contributed by atoms with Gasteiger partial charge in [0.05, 0.1) is 9.79 Å². The zero-order valence-electron chi connectivity index (χ0n) is 20.1. The van der Waals surface area contributed by atoms with Crippen LogP contribution >= 0.6 is 0 Å². The van der Waals surface area contributed by atoms with Gasteiger partial charge in [0, 0.05) is 13.1 Å². The molecule has 9 heteroatoms. The molecule has 0 amide bonds. The SMILES string of the molecule is O=S(=O)(c1ccc(OC[C@H](O)CN2CCCC2)cc1)c1ccc(OC[C@H](O)CN2CCCC2)cc1. The highest BCUT2D eigenvalue weighted by Gasteiger charge is 2.20. The van der Waals surface area contributed by atoms with E-state index in [0.29, 0.717) is 24.6 Å². The zero-order valence-corrected chi connectivity index (χ0v) is 20.9. The van der Waals surface area contributed by atoms with Gasteiger partial charge in [0.25, 0.3) is 0 Å². The molecular weight excluding hydrogens is 468 g/mol. The molecule has 0 aliphatic carbocycles. The molecular formula is C26H36N2O6S. The predicted octanol–water partition coefficient (Wildman–Crippen LogP) is 2.19. The maximum atomic E-state index is 13.0. The Labute approximate surface area is 208 Å². The van der Waals surface area contributed by atoms with Gasteiger partial charge in [-0.25, -0.2) is 8.42 Å². The number of β-amino-alcohol motifs (C(OH)–C–C–N with tert-alkyl or cyclic N) is 2. The third-order valence-corrected chi connectivity index (χ3v) is 8.27. The van der Waals surface area contributed by atoms with Crippen molar-refractivity contribution in [3.8, 4) is 11.5 Å². The Morgan fingerprint density at radius 2 is 1.00 bits per heavy atom. The lowest BCUT2D eigenvalue weighted by Crippen LogP contribution is -2.33. The molecule has 2 aliphatic rings. The Morgan fingerprint density at radius 1 is 0.657 bits per heavy atom. The quantitative estimate of drug-likeness (QED) is 0.454. The summed E-state index contributed by atoms with van der Waals surface area (Å²) >= 11 is 0. The minimum absolute atomic E-state index is 0.163. The minimum Gasteiger partial charge on any atom is -0.491 e. The molecule has 2 heterocycles. The van der Waals surface area contributed by atoms with Crippen LogP contribution in [0.3, 0.4) is 0 Å². The van der Waals surface area contributed by atoms with Crippen LogP contribution in [-0.2, 0) is 9.84 Å². The monoisotopic (exact) mass is 504 g/mol. The van der Waals surface area contributed by atoms with Gasteiger partial charge in [0.1, 0.15) is 36.9 Å². The molecule has 2 aromatic carbocycles. The molecule has 0 radical (unpaired) electrons. The van der Waals surface area contributed by atoms with E-state index in [1.54, 1.807) is 24.3 Å². The van der Waals surface area contributed by atoms with Gasteiger partial charge in [-0.2, -0.15) is 0 Å². The number of rotatable bonds is 12. The van der Waals surface area contributed by atoms with E-state index in [4.69, 9.17) is 9.47 Å². The molecule has 0 aromatic heterocycles. The van der Waals surface area contributed by atoms with Gasteiger partial charge in [0.2, 0.25) is 9.84 Å². The number of benzene rings is 2. The van der Waals surface area contributed by atoms with E-state index < -0.39 is 22.0 Å². The molecule has 2 aromatic rings. The minimum atomic E-state index is -3.69. The molecule has 192 valence electrons. The first kappa shape index (κ1) is 25.9. The van der Waals surface area contributed by atoms with Crippen molar-refractivity contribution >= 4 is 9.84 Å². The molecule has 2 atom stereocenters. The van der Waals surface area contributed by atoms with Crippen molar-refractivity contribution < 1.29 is 28.1 Å². The van der Waals surface area contributed by atoms with Crippen LogP contribution < -0.4 is 9.47 Å². The highest BCUT2D eigenvalue weighted by atomic mass is 32.2. The summed E-state index contributed by atoms with van der Waals surface area (Å²) in [6.45, 7) is 5.55. The van der Waals surface area contributed by atoms with Crippen LogP contribution in [0.4, 0.5) is 0 Å². The molecule has 0 spiro atoms. The number of aliphatic hydroxyl groups is 2. The molecule has 2 aliphatic heterocycles.